The van der Waals surface area contributed by atoms with Crippen LogP contribution in [0.1, 0.15) is 11.3 Å². The number of carbonyl (C=O) groups is 1. The highest BCUT2D eigenvalue weighted by Crippen LogP contribution is 2.20. The van der Waals surface area contributed by atoms with Gasteiger partial charge in [-0.05, 0) is 55.3 Å². The Morgan fingerprint density at radius 3 is 2.45 bits per heavy atom. The molecule has 4 rings (SSSR count). The molecule has 160 valence electrons. The third-order valence-corrected chi connectivity index (χ3v) is 6.19. The van der Waals surface area contributed by atoms with Crippen LogP contribution in [0.2, 0.25) is 0 Å². The fourth-order valence-electron chi connectivity index (χ4n) is 3.43. The molecule has 0 unspecified atom stereocenters. The second-order valence-corrected chi connectivity index (χ2v) is 8.57. The van der Waals surface area contributed by atoms with E-state index in [2.05, 4.69) is 14.9 Å². The number of hydrogen-bond donors (Lipinski definition) is 0. The van der Waals surface area contributed by atoms with E-state index in [0.29, 0.717) is 18.8 Å². The van der Waals surface area contributed by atoms with Crippen molar-refractivity contribution in [3.63, 3.8) is 0 Å². The number of rotatable bonds is 6. The van der Waals surface area contributed by atoms with E-state index >= 15 is 0 Å². The minimum Gasteiger partial charge on any atom is -0.410 e. The Kier molecular flexibility index (Phi) is 7.04. The van der Waals surface area contributed by atoms with Crippen LogP contribution in [0.3, 0.4) is 0 Å². The number of carbonyl (C=O) groups excluding carboxylic acids is 1. The molecule has 0 atom stereocenters. The van der Waals surface area contributed by atoms with Gasteiger partial charge in [0.15, 0.2) is 0 Å². The zero-order valence-electron chi connectivity index (χ0n) is 17.6. The van der Waals surface area contributed by atoms with Gasteiger partial charge in [-0.3, -0.25) is 4.98 Å². The van der Waals surface area contributed by atoms with E-state index in [0.717, 1.165) is 36.8 Å². The Morgan fingerprint density at radius 1 is 1.00 bits per heavy atom. The summed E-state index contributed by atoms with van der Waals surface area (Å²) in [6, 6.07) is 17.8. The lowest BCUT2D eigenvalue weighted by Crippen LogP contribution is -2.49. The predicted molar refractivity (Wildman–Crippen MR) is 124 cm³/mol. The molecule has 3 heterocycles. The summed E-state index contributed by atoms with van der Waals surface area (Å²) >= 11 is 1.81. The van der Waals surface area contributed by atoms with Crippen molar-refractivity contribution < 1.29 is 9.53 Å². The van der Waals surface area contributed by atoms with Crippen molar-refractivity contribution in [3.05, 3.63) is 78.2 Å². The third kappa shape index (κ3) is 5.98. The molecule has 0 N–H and O–H groups in total. The molecule has 1 aliphatic rings. The van der Waals surface area contributed by atoms with E-state index in [4.69, 9.17) is 4.74 Å². The van der Waals surface area contributed by atoms with E-state index in [1.165, 1.54) is 10.5 Å². The van der Waals surface area contributed by atoms with Gasteiger partial charge in [-0.1, -0.05) is 18.2 Å². The molecular weight excluding hydrogens is 408 g/mol. The van der Waals surface area contributed by atoms with E-state index in [9.17, 15) is 4.79 Å². The van der Waals surface area contributed by atoms with Crippen molar-refractivity contribution in [2.75, 3.05) is 36.8 Å². The maximum atomic E-state index is 12.5. The molecule has 0 saturated carbocycles. The van der Waals surface area contributed by atoms with Crippen molar-refractivity contribution >= 4 is 23.7 Å². The van der Waals surface area contributed by atoms with Gasteiger partial charge in [-0.15, -0.1) is 11.8 Å². The first kappa shape index (κ1) is 21.2. The molecule has 1 aromatic carbocycles. The van der Waals surface area contributed by atoms with Crippen LogP contribution in [-0.2, 0) is 6.42 Å². The second-order valence-electron chi connectivity index (χ2n) is 7.40. The van der Waals surface area contributed by atoms with Gasteiger partial charge < -0.3 is 14.5 Å². The average Bonchev–Trinajstić information content (AvgIpc) is 2.81. The Morgan fingerprint density at radius 2 is 1.74 bits per heavy atom. The van der Waals surface area contributed by atoms with E-state index in [1.807, 2.05) is 85.7 Å². The summed E-state index contributed by atoms with van der Waals surface area (Å²) in [5.41, 5.74) is 2.22. The number of nitrogens with zero attached hydrogens (tertiary/aromatic N) is 4. The van der Waals surface area contributed by atoms with E-state index in [-0.39, 0.29) is 6.09 Å². The fraction of sp³-hybridized carbons (Fsp3) is 0.292. The summed E-state index contributed by atoms with van der Waals surface area (Å²) in [4.78, 5) is 26.3. The van der Waals surface area contributed by atoms with Crippen LogP contribution >= 0.6 is 11.8 Å². The van der Waals surface area contributed by atoms with Gasteiger partial charge in [-0.2, -0.15) is 0 Å². The standard InChI is InChI=1S/C24H26N4O2S/c1-19-3-2-4-23(26-19)27-14-16-28(17-15-27)24(29)30-21-7-5-20(6-8-21)11-18-31-22-9-12-25-13-10-22/h2-10,12-13H,11,14-18H2,1H3. The molecule has 1 saturated heterocycles. The normalized spacial score (nSPS) is 13.8. The highest BCUT2D eigenvalue weighted by Gasteiger charge is 2.23. The molecular formula is C24H26N4O2S. The summed E-state index contributed by atoms with van der Waals surface area (Å²) < 4.78 is 5.58. The van der Waals surface area contributed by atoms with Crippen molar-refractivity contribution in [3.8, 4) is 5.75 Å². The number of anilines is 1. The molecule has 6 nitrogen and oxygen atoms in total. The maximum absolute atomic E-state index is 12.5. The first-order valence-corrected chi connectivity index (χ1v) is 11.4. The second kappa shape index (κ2) is 10.3. The predicted octanol–water partition coefficient (Wildman–Crippen LogP) is 4.44. The Bertz CT molecular complexity index is 990. The first-order chi connectivity index (χ1) is 15.2. The molecule has 0 aliphatic carbocycles. The quantitative estimate of drug-likeness (QED) is 0.535. The van der Waals surface area contributed by atoms with Gasteiger partial charge in [-0.25, -0.2) is 9.78 Å². The third-order valence-electron chi connectivity index (χ3n) is 5.17. The minimum absolute atomic E-state index is 0.294. The van der Waals surface area contributed by atoms with Crippen molar-refractivity contribution in [1.29, 1.82) is 0 Å². The Balaban J connectivity index is 1.22. The van der Waals surface area contributed by atoms with E-state index in [1.54, 1.807) is 4.90 Å². The van der Waals surface area contributed by atoms with Crippen LogP contribution in [0.4, 0.5) is 10.6 Å². The van der Waals surface area contributed by atoms with Crippen LogP contribution in [0.5, 0.6) is 5.75 Å². The number of benzene rings is 1. The van der Waals surface area contributed by atoms with Crippen LogP contribution < -0.4 is 9.64 Å². The summed E-state index contributed by atoms with van der Waals surface area (Å²) in [5, 5.41) is 0. The molecule has 7 heteroatoms. The SMILES string of the molecule is Cc1cccc(N2CCN(C(=O)Oc3ccc(CCSc4ccncc4)cc3)CC2)n1. The summed E-state index contributed by atoms with van der Waals surface area (Å²) in [6.45, 7) is 4.74. The number of amides is 1. The molecule has 0 radical (unpaired) electrons. The van der Waals surface area contributed by atoms with Crippen LogP contribution in [0, 0.1) is 6.92 Å². The van der Waals surface area contributed by atoms with Crippen molar-refractivity contribution in [2.24, 2.45) is 0 Å². The summed E-state index contributed by atoms with van der Waals surface area (Å²) in [5.74, 6) is 2.53. The summed E-state index contributed by atoms with van der Waals surface area (Å²) in [7, 11) is 0. The van der Waals surface area contributed by atoms with Gasteiger partial charge in [0.05, 0.1) is 0 Å². The number of hydrogen-bond acceptors (Lipinski definition) is 6. The zero-order chi connectivity index (χ0) is 21.5. The van der Waals surface area contributed by atoms with Gasteiger partial charge in [0.1, 0.15) is 11.6 Å². The molecule has 0 bridgehead atoms. The largest absolute Gasteiger partial charge is 0.415 e. The molecule has 3 aromatic rings. The maximum Gasteiger partial charge on any atom is 0.415 e. The Labute approximate surface area is 187 Å². The number of aromatic nitrogens is 2. The smallest absolute Gasteiger partial charge is 0.410 e. The molecule has 2 aromatic heterocycles. The number of ether oxygens (including phenoxy) is 1. The van der Waals surface area contributed by atoms with Crippen molar-refractivity contribution in [2.45, 2.75) is 18.2 Å². The zero-order valence-corrected chi connectivity index (χ0v) is 18.4. The molecule has 1 aliphatic heterocycles. The Hall–Kier alpha value is -3.06. The topological polar surface area (TPSA) is 58.6 Å². The van der Waals surface area contributed by atoms with Crippen LogP contribution in [-0.4, -0.2) is 52.9 Å². The number of piperazine rings is 1. The number of aryl methyl sites for hydroxylation is 2. The van der Waals surface area contributed by atoms with Gasteiger partial charge >= 0.3 is 6.09 Å². The minimum atomic E-state index is -0.294. The highest BCUT2D eigenvalue weighted by atomic mass is 32.2. The van der Waals surface area contributed by atoms with Gasteiger partial charge in [0.25, 0.3) is 0 Å². The molecule has 31 heavy (non-hydrogen) atoms. The highest BCUT2D eigenvalue weighted by molar-refractivity contribution is 7.99. The lowest BCUT2D eigenvalue weighted by atomic mass is 10.2. The van der Waals surface area contributed by atoms with Gasteiger partial charge in [0.2, 0.25) is 0 Å². The van der Waals surface area contributed by atoms with Crippen molar-refractivity contribution in [1.82, 2.24) is 14.9 Å². The van der Waals surface area contributed by atoms with Gasteiger partial charge in [0, 0.05) is 54.9 Å². The number of pyridine rings is 2. The van der Waals surface area contributed by atoms with E-state index < -0.39 is 0 Å². The molecule has 1 amide bonds. The number of thioether (sulfide) groups is 1. The van der Waals surface area contributed by atoms with Crippen LogP contribution in [0.15, 0.2) is 71.9 Å². The average molecular weight is 435 g/mol. The first-order valence-electron chi connectivity index (χ1n) is 10.4. The summed E-state index contributed by atoms with van der Waals surface area (Å²) in [6.07, 6.45) is 4.28. The fourth-order valence-corrected chi connectivity index (χ4v) is 4.32. The monoisotopic (exact) mass is 434 g/mol. The molecule has 1 fully saturated rings. The van der Waals surface area contributed by atoms with Crippen LogP contribution in [0.25, 0.3) is 0 Å². The molecule has 0 spiro atoms. The lowest BCUT2D eigenvalue weighted by Gasteiger charge is -2.34. The lowest BCUT2D eigenvalue weighted by molar-refractivity contribution is 0.149.